The first-order valence-electron chi connectivity index (χ1n) is 5.67. The normalized spacial score (nSPS) is 39.5. The molecule has 82 valence electrons. The van der Waals surface area contributed by atoms with E-state index >= 15 is 0 Å². The first-order valence-corrected chi connectivity index (χ1v) is 5.67. The Morgan fingerprint density at radius 2 is 2.20 bits per heavy atom. The average Bonchev–Trinajstić information content (AvgIpc) is 2.83. The number of Topliss-reactive ketones (excluding diaryl/α,β-unsaturated/α-hetero) is 1. The highest BCUT2D eigenvalue weighted by molar-refractivity contribution is 6.05. The van der Waals surface area contributed by atoms with Crippen molar-refractivity contribution in [3.63, 3.8) is 0 Å². The molecule has 15 heavy (non-hydrogen) atoms. The van der Waals surface area contributed by atoms with Gasteiger partial charge in [-0.3, -0.25) is 9.59 Å². The Hall–Kier alpha value is -0.900. The molecule has 0 aromatic carbocycles. The third kappa shape index (κ3) is 1.57. The van der Waals surface area contributed by atoms with Crippen LogP contribution in [0.15, 0.2) is 0 Å². The summed E-state index contributed by atoms with van der Waals surface area (Å²) in [7, 11) is 0. The molecule has 4 heteroatoms. The lowest BCUT2D eigenvalue weighted by atomic mass is 9.89. The zero-order chi connectivity index (χ0) is 10.4. The first kappa shape index (κ1) is 9.33. The molecule has 1 amide bonds. The molecule has 3 heterocycles. The first-order chi connectivity index (χ1) is 7.22. The van der Waals surface area contributed by atoms with Gasteiger partial charge in [0.1, 0.15) is 0 Å². The minimum absolute atomic E-state index is 0.00257. The van der Waals surface area contributed by atoms with Gasteiger partial charge < -0.3 is 9.64 Å². The van der Waals surface area contributed by atoms with E-state index in [0.717, 1.165) is 19.4 Å². The zero-order valence-electron chi connectivity index (χ0n) is 8.65. The predicted molar refractivity (Wildman–Crippen MR) is 52.2 cm³/mol. The molecule has 4 nitrogen and oxygen atoms in total. The predicted octanol–water partition coefficient (Wildman–Crippen LogP) is 0.355. The van der Waals surface area contributed by atoms with E-state index in [1.807, 2.05) is 0 Å². The zero-order valence-corrected chi connectivity index (χ0v) is 8.65. The fourth-order valence-electron chi connectivity index (χ4n) is 3.02. The number of carbonyl (C=O) groups is 2. The van der Waals surface area contributed by atoms with Crippen LogP contribution in [0, 0.1) is 5.92 Å². The van der Waals surface area contributed by atoms with Gasteiger partial charge in [0.05, 0.1) is 25.2 Å². The summed E-state index contributed by atoms with van der Waals surface area (Å²) in [6, 6.07) is 0. The van der Waals surface area contributed by atoms with Crippen molar-refractivity contribution in [2.75, 3.05) is 13.1 Å². The number of ether oxygens (including phenoxy) is 1. The van der Waals surface area contributed by atoms with Crippen LogP contribution in [-0.2, 0) is 14.3 Å². The maximum atomic E-state index is 11.4. The summed E-state index contributed by atoms with van der Waals surface area (Å²) in [6.45, 7) is 1.05. The molecular formula is C11H15NO3. The molecular weight excluding hydrogens is 194 g/mol. The van der Waals surface area contributed by atoms with E-state index in [0.29, 0.717) is 24.7 Å². The van der Waals surface area contributed by atoms with E-state index in [1.54, 1.807) is 4.90 Å². The van der Waals surface area contributed by atoms with Crippen molar-refractivity contribution in [3.05, 3.63) is 0 Å². The van der Waals surface area contributed by atoms with Crippen LogP contribution in [0.25, 0.3) is 0 Å². The number of ketones is 1. The van der Waals surface area contributed by atoms with Gasteiger partial charge in [-0.1, -0.05) is 0 Å². The van der Waals surface area contributed by atoms with Crippen molar-refractivity contribution in [1.82, 2.24) is 4.90 Å². The Morgan fingerprint density at radius 1 is 1.33 bits per heavy atom. The lowest BCUT2D eigenvalue weighted by molar-refractivity contribution is -0.128. The number of hydrogen-bond acceptors (Lipinski definition) is 3. The molecule has 2 bridgehead atoms. The molecule has 0 aromatic rings. The van der Waals surface area contributed by atoms with E-state index in [2.05, 4.69) is 0 Å². The highest BCUT2D eigenvalue weighted by Gasteiger charge is 2.42. The van der Waals surface area contributed by atoms with Crippen molar-refractivity contribution in [3.8, 4) is 0 Å². The Balaban J connectivity index is 1.62. The molecule has 0 saturated carbocycles. The van der Waals surface area contributed by atoms with Gasteiger partial charge in [0.15, 0.2) is 5.78 Å². The molecule has 0 aromatic heterocycles. The summed E-state index contributed by atoms with van der Waals surface area (Å²) in [5.74, 6) is 0.533. The summed E-state index contributed by atoms with van der Waals surface area (Å²) >= 11 is 0. The van der Waals surface area contributed by atoms with Crippen molar-refractivity contribution >= 4 is 11.7 Å². The summed E-state index contributed by atoms with van der Waals surface area (Å²) in [4.78, 5) is 24.3. The molecule has 0 radical (unpaired) electrons. The molecule has 0 N–H and O–H groups in total. The SMILES string of the molecule is O=C1CC(=O)N(CC2CC3CCC2O3)C1. The van der Waals surface area contributed by atoms with E-state index in [-0.39, 0.29) is 18.1 Å². The molecule has 3 atom stereocenters. The van der Waals surface area contributed by atoms with Gasteiger partial charge in [-0.05, 0) is 19.3 Å². The molecule has 3 saturated heterocycles. The van der Waals surface area contributed by atoms with Gasteiger partial charge in [-0.2, -0.15) is 0 Å². The lowest BCUT2D eigenvalue weighted by Crippen LogP contribution is -2.34. The Morgan fingerprint density at radius 3 is 2.73 bits per heavy atom. The number of amides is 1. The number of hydrogen-bond donors (Lipinski definition) is 0. The molecule has 0 spiro atoms. The van der Waals surface area contributed by atoms with Gasteiger partial charge >= 0.3 is 0 Å². The van der Waals surface area contributed by atoms with Crippen LogP contribution >= 0.6 is 0 Å². The molecule has 3 unspecified atom stereocenters. The van der Waals surface area contributed by atoms with Crippen LogP contribution in [0.3, 0.4) is 0 Å². The standard InChI is InChI=1S/C11H15NO3/c13-8-4-11(14)12(6-8)5-7-3-9-1-2-10(7)15-9/h7,9-10H,1-6H2. The largest absolute Gasteiger partial charge is 0.375 e. The number of fused-ring (bicyclic) bond motifs is 2. The van der Waals surface area contributed by atoms with Gasteiger partial charge in [0, 0.05) is 12.5 Å². The molecule has 0 aliphatic carbocycles. The van der Waals surface area contributed by atoms with Gasteiger partial charge in [0.25, 0.3) is 0 Å². The molecule has 3 aliphatic heterocycles. The number of rotatable bonds is 2. The summed E-state index contributed by atoms with van der Waals surface area (Å²) in [5.41, 5.74) is 0. The van der Waals surface area contributed by atoms with Crippen molar-refractivity contribution in [2.24, 2.45) is 5.92 Å². The van der Waals surface area contributed by atoms with Crippen molar-refractivity contribution in [1.29, 1.82) is 0 Å². The third-order valence-electron chi connectivity index (χ3n) is 3.76. The highest BCUT2D eigenvalue weighted by atomic mass is 16.5. The van der Waals surface area contributed by atoms with Gasteiger partial charge in [-0.15, -0.1) is 0 Å². The maximum absolute atomic E-state index is 11.4. The number of likely N-dealkylation sites (tertiary alicyclic amines) is 1. The average molecular weight is 209 g/mol. The van der Waals surface area contributed by atoms with Crippen molar-refractivity contribution < 1.29 is 14.3 Å². The van der Waals surface area contributed by atoms with Crippen LogP contribution in [0.4, 0.5) is 0 Å². The third-order valence-corrected chi connectivity index (χ3v) is 3.76. The second-order valence-electron chi connectivity index (χ2n) is 4.86. The summed E-state index contributed by atoms with van der Waals surface area (Å²) < 4.78 is 5.73. The van der Waals surface area contributed by atoms with Gasteiger partial charge in [0.2, 0.25) is 5.91 Å². The molecule has 3 aliphatic rings. The Kier molecular flexibility index (Phi) is 2.06. The fourth-order valence-corrected chi connectivity index (χ4v) is 3.02. The minimum Gasteiger partial charge on any atom is -0.375 e. The van der Waals surface area contributed by atoms with E-state index in [9.17, 15) is 9.59 Å². The van der Waals surface area contributed by atoms with E-state index in [4.69, 9.17) is 4.74 Å². The molecule has 3 rings (SSSR count). The van der Waals surface area contributed by atoms with Crippen LogP contribution in [0.5, 0.6) is 0 Å². The van der Waals surface area contributed by atoms with Crippen LogP contribution in [0.2, 0.25) is 0 Å². The summed E-state index contributed by atoms with van der Waals surface area (Å²) in [5, 5.41) is 0. The molecule has 3 fully saturated rings. The van der Waals surface area contributed by atoms with Crippen LogP contribution < -0.4 is 0 Å². The highest BCUT2D eigenvalue weighted by Crippen LogP contribution is 2.39. The summed E-state index contributed by atoms with van der Waals surface area (Å²) in [6.07, 6.45) is 4.26. The number of nitrogens with zero attached hydrogens (tertiary/aromatic N) is 1. The second kappa shape index (κ2) is 3.30. The monoisotopic (exact) mass is 209 g/mol. The quantitative estimate of drug-likeness (QED) is 0.617. The van der Waals surface area contributed by atoms with Crippen molar-refractivity contribution in [2.45, 2.75) is 37.9 Å². The number of carbonyl (C=O) groups excluding carboxylic acids is 2. The van der Waals surface area contributed by atoms with Crippen LogP contribution in [-0.4, -0.2) is 41.9 Å². The second-order valence-corrected chi connectivity index (χ2v) is 4.86. The lowest BCUT2D eigenvalue weighted by Gasteiger charge is -2.24. The minimum atomic E-state index is 0.00257. The van der Waals surface area contributed by atoms with E-state index < -0.39 is 0 Å². The maximum Gasteiger partial charge on any atom is 0.230 e. The van der Waals surface area contributed by atoms with Gasteiger partial charge in [-0.25, -0.2) is 0 Å². The van der Waals surface area contributed by atoms with Crippen LogP contribution in [0.1, 0.15) is 25.7 Å². The Labute approximate surface area is 88.6 Å². The topological polar surface area (TPSA) is 46.6 Å². The fraction of sp³-hybridized carbons (Fsp3) is 0.818. The Bertz CT molecular complexity index is 315. The smallest absolute Gasteiger partial charge is 0.230 e. The van der Waals surface area contributed by atoms with E-state index in [1.165, 1.54) is 6.42 Å².